The van der Waals surface area contributed by atoms with Gasteiger partial charge < -0.3 is 43.9 Å². The van der Waals surface area contributed by atoms with Crippen LogP contribution in [-0.2, 0) is 56.3 Å². The molecule has 0 aromatic carbocycles. The fraction of sp³-hybridized carbons (Fsp3) is 0.710. The molecule has 8 unspecified atom stereocenters. The number of hydrogen-bond donors (Lipinski definition) is 2. The van der Waals surface area contributed by atoms with Crippen molar-refractivity contribution in [1.29, 1.82) is 0 Å². The van der Waals surface area contributed by atoms with Gasteiger partial charge in [0, 0.05) is 32.7 Å². The van der Waals surface area contributed by atoms with Crippen molar-refractivity contribution in [1.82, 2.24) is 15.5 Å². The number of rotatable bonds is 9. The number of amides is 3. The van der Waals surface area contributed by atoms with E-state index in [0.717, 1.165) is 12.8 Å². The summed E-state index contributed by atoms with van der Waals surface area (Å²) in [6.07, 6.45) is 5.78. The van der Waals surface area contributed by atoms with Gasteiger partial charge in [0.2, 0.25) is 11.8 Å². The molecule has 1 radical (unpaired) electrons. The molecule has 2 heterocycles. The van der Waals surface area contributed by atoms with E-state index in [9.17, 15) is 14.4 Å². The minimum Gasteiger partial charge on any atom is -0.444 e. The Bertz CT molecular complexity index is 1030. The van der Waals surface area contributed by atoms with E-state index in [2.05, 4.69) is 51.5 Å². The first-order chi connectivity index (χ1) is 18.6. The van der Waals surface area contributed by atoms with Crippen LogP contribution < -0.4 is 10.6 Å². The Kier molecular flexibility index (Phi) is 12.2. The normalized spacial score (nSPS) is 32.1. The molecule has 3 amide bonds. The van der Waals surface area contributed by atoms with E-state index < -0.39 is 42.4 Å². The first-order valence-corrected chi connectivity index (χ1v) is 14.6. The van der Waals surface area contributed by atoms with Crippen molar-refractivity contribution < 1.29 is 61.1 Å². The summed E-state index contributed by atoms with van der Waals surface area (Å²) in [7, 11) is -0.601. The van der Waals surface area contributed by atoms with Crippen LogP contribution in [-0.4, -0.2) is 71.8 Å². The third-order valence-corrected chi connectivity index (χ3v) is 9.41. The molecule has 5 rings (SSSR count). The molecule has 3 saturated carbocycles. The van der Waals surface area contributed by atoms with E-state index in [0.29, 0.717) is 31.2 Å². The number of nitrogens with zero attached hydrogens (tertiary/aromatic N) is 1. The van der Waals surface area contributed by atoms with E-state index in [1.54, 1.807) is 32.9 Å². The molecule has 5 aliphatic rings. The molecule has 11 heteroatoms. The second-order valence-electron chi connectivity index (χ2n) is 13.8. The van der Waals surface area contributed by atoms with Gasteiger partial charge in [0.15, 0.2) is 0 Å². The summed E-state index contributed by atoms with van der Waals surface area (Å²) in [6.45, 7) is 24.1. The molecule has 0 aromatic rings. The minimum atomic E-state index is -0.906. The maximum absolute atomic E-state index is 13.7. The van der Waals surface area contributed by atoms with E-state index in [4.69, 9.17) is 14.0 Å². The SMILES string of the molecule is C=CCC(NC(=O)C1CC([CH2-])CN1C(=O)C(CC=C)NC(=O)OC(C)(C)C)B1OC2CC3CC(C3(C)C)C2(C)O1.[CH3-].[Y]. The van der Waals surface area contributed by atoms with Crippen molar-refractivity contribution in [3.63, 3.8) is 0 Å². The molecule has 2 bridgehead atoms. The van der Waals surface area contributed by atoms with Gasteiger partial charge in [-0.25, -0.2) is 4.79 Å². The number of carbonyl (C=O) groups is 3. The summed E-state index contributed by atoms with van der Waals surface area (Å²) >= 11 is 0. The molecule has 2 saturated heterocycles. The van der Waals surface area contributed by atoms with Crippen LogP contribution in [0.4, 0.5) is 4.79 Å². The Morgan fingerprint density at radius 3 is 2.33 bits per heavy atom. The van der Waals surface area contributed by atoms with Gasteiger partial charge in [-0.15, -0.1) is 19.1 Å². The Hall–Kier alpha value is -1.22. The van der Waals surface area contributed by atoms with Crippen LogP contribution in [0.15, 0.2) is 25.3 Å². The average molecular weight is 660 g/mol. The second kappa shape index (κ2) is 13.8. The van der Waals surface area contributed by atoms with Gasteiger partial charge in [-0.1, -0.05) is 26.0 Å². The predicted molar refractivity (Wildman–Crippen MR) is 160 cm³/mol. The van der Waals surface area contributed by atoms with E-state index >= 15 is 0 Å². The first kappa shape index (κ1) is 37.0. The summed E-state index contributed by atoms with van der Waals surface area (Å²) in [6, 6.07) is -1.64. The fourth-order valence-electron chi connectivity index (χ4n) is 7.22. The van der Waals surface area contributed by atoms with Crippen molar-refractivity contribution in [2.75, 3.05) is 6.54 Å². The Morgan fingerprint density at radius 1 is 1.12 bits per heavy atom. The van der Waals surface area contributed by atoms with Crippen molar-refractivity contribution >= 4 is 25.0 Å². The molecule has 3 aliphatic carbocycles. The van der Waals surface area contributed by atoms with Crippen molar-refractivity contribution in [2.45, 2.75) is 109 Å². The smallest absolute Gasteiger partial charge is 0.444 e. The van der Waals surface area contributed by atoms with Crippen LogP contribution in [0.3, 0.4) is 0 Å². The maximum Gasteiger partial charge on any atom is 0.482 e. The standard InChI is InChI=1S/C30H47BN3O6.CH3.Y/c1-10-12-20(32-27(37)38-28(4,5)6)26(36)34-17-18(3)14-21(34)25(35)33-24(13-11-2)31-39-23-16-19-15-22(29(19,7)8)30(23,9)40-31;;/h10-11,18-24H,1-3,12-17H2,4-9H3,(H,32,37)(H,33,35);1H3;/q2*-1;. The predicted octanol–water partition coefficient (Wildman–Crippen LogP) is 4.28. The van der Waals surface area contributed by atoms with Gasteiger partial charge in [-0.05, 0) is 83.6 Å². The zero-order valence-corrected chi connectivity index (χ0v) is 29.4. The van der Waals surface area contributed by atoms with E-state index in [-0.39, 0.29) is 75.8 Å². The quantitative estimate of drug-likeness (QED) is 0.218. The third-order valence-electron chi connectivity index (χ3n) is 9.41. The van der Waals surface area contributed by atoms with Gasteiger partial charge in [-0.2, -0.15) is 0 Å². The number of alkyl carbamates (subject to hydrolysis) is 1. The number of nitrogens with one attached hydrogen (secondary N) is 2. The van der Waals surface area contributed by atoms with Gasteiger partial charge in [-0.3, -0.25) is 9.59 Å². The van der Waals surface area contributed by atoms with Crippen molar-refractivity contribution in [3.05, 3.63) is 39.7 Å². The average Bonchev–Trinajstić information content (AvgIpc) is 3.41. The van der Waals surface area contributed by atoms with Gasteiger partial charge in [0.25, 0.3) is 0 Å². The van der Waals surface area contributed by atoms with Gasteiger partial charge in [0.05, 0.1) is 17.6 Å². The Balaban J connectivity index is 0.00000308. The largest absolute Gasteiger partial charge is 0.482 e. The van der Waals surface area contributed by atoms with Crippen LogP contribution >= 0.6 is 0 Å². The number of ether oxygens (including phenoxy) is 1. The zero-order chi connectivity index (χ0) is 29.6. The van der Waals surface area contributed by atoms with Crippen molar-refractivity contribution in [2.24, 2.45) is 23.2 Å². The van der Waals surface area contributed by atoms with Crippen molar-refractivity contribution in [3.8, 4) is 0 Å². The Morgan fingerprint density at radius 2 is 1.76 bits per heavy atom. The molecule has 0 spiro atoms. The van der Waals surface area contributed by atoms with E-state index in [1.165, 1.54) is 4.90 Å². The molecule has 2 N–H and O–H groups in total. The minimum absolute atomic E-state index is 0. The van der Waals surface area contributed by atoms with Gasteiger partial charge >= 0.3 is 13.2 Å². The van der Waals surface area contributed by atoms with Gasteiger partial charge in [0.1, 0.15) is 17.7 Å². The number of likely N-dealkylation sites (tertiary alicyclic amines) is 1. The van der Waals surface area contributed by atoms with Crippen LogP contribution in [0.1, 0.15) is 73.6 Å². The van der Waals surface area contributed by atoms with Crippen LogP contribution in [0.5, 0.6) is 0 Å². The number of hydrogen-bond acceptors (Lipinski definition) is 6. The maximum atomic E-state index is 13.7. The van der Waals surface area contributed by atoms with Crippen LogP contribution in [0, 0.1) is 37.5 Å². The molecule has 42 heavy (non-hydrogen) atoms. The summed E-state index contributed by atoms with van der Waals surface area (Å²) in [5.41, 5.74) is -0.897. The molecular formula is C31H50BN3O6Y-2. The molecule has 8 atom stereocenters. The summed E-state index contributed by atoms with van der Waals surface area (Å²) < 4.78 is 18.4. The monoisotopic (exact) mass is 660 g/mol. The molecule has 0 aromatic heterocycles. The zero-order valence-electron chi connectivity index (χ0n) is 26.6. The van der Waals surface area contributed by atoms with E-state index in [1.807, 2.05) is 0 Å². The first-order valence-electron chi connectivity index (χ1n) is 14.6. The topological polar surface area (TPSA) is 106 Å². The summed E-state index contributed by atoms with van der Waals surface area (Å²) in [5.74, 6) is -0.210. The van der Waals surface area contributed by atoms with Crippen LogP contribution in [0.2, 0.25) is 0 Å². The summed E-state index contributed by atoms with van der Waals surface area (Å²) in [4.78, 5) is 41.3. The number of carbonyl (C=O) groups excluding carboxylic acids is 3. The molecule has 233 valence electrons. The fourth-order valence-corrected chi connectivity index (χ4v) is 7.22. The molecule has 5 fully saturated rings. The Labute approximate surface area is 278 Å². The molecule has 9 nitrogen and oxygen atoms in total. The molecular weight excluding hydrogens is 610 g/mol. The molecule has 2 aliphatic heterocycles. The third kappa shape index (κ3) is 7.35. The van der Waals surface area contributed by atoms with Crippen LogP contribution in [0.25, 0.3) is 0 Å². The second-order valence-corrected chi connectivity index (χ2v) is 13.8. The summed E-state index contributed by atoms with van der Waals surface area (Å²) in [5, 5.41) is 5.76.